The highest BCUT2D eigenvalue weighted by molar-refractivity contribution is 7.99. The van der Waals surface area contributed by atoms with E-state index in [2.05, 4.69) is 20.8 Å². The lowest BCUT2D eigenvalue weighted by atomic mass is 9.76. The summed E-state index contributed by atoms with van der Waals surface area (Å²) in [5.74, 6) is 1.51. The van der Waals surface area contributed by atoms with E-state index in [1.807, 2.05) is 33.7 Å². The SMILES string of the molecule is CC(C)(C)CN1C[C@]23C=C[C@H](O2)[C@H](C(=O)N2CCSCC2)[C@H]3C1=O. The van der Waals surface area contributed by atoms with Gasteiger partial charge >= 0.3 is 0 Å². The van der Waals surface area contributed by atoms with Crippen molar-refractivity contribution in [1.29, 1.82) is 0 Å². The number of fused-ring (bicyclic) bond motifs is 1. The number of hydrogen-bond acceptors (Lipinski definition) is 4. The maximum Gasteiger partial charge on any atom is 0.230 e. The van der Waals surface area contributed by atoms with Crippen molar-refractivity contribution < 1.29 is 14.3 Å². The van der Waals surface area contributed by atoms with Gasteiger partial charge in [-0.3, -0.25) is 9.59 Å². The molecule has 3 fully saturated rings. The van der Waals surface area contributed by atoms with E-state index in [1.165, 1.54) is 0 Å². The second-order valence-corrected chi connectivity index (χ2v) is 9.82. The summed E-state index contributed by atoms with van der Waals surface area (Å²) in [6, 6.07) is 0. The van der Waals surface area contributed by atoms with Crippen LogP contribution in [0, 0.1) is 17.3 Å². The largest absolute Gasteiger partial charge is 0.360 e. The van der Waals surface area contributed by atoms with E-state index in [0.717, 1.165) is 24.6 Å². The molecule has 4 aliphatic heterocycles. The molecular formula is C18H26N2O3S. The van der Waals surface area contributed by atoms with Gasteiger partial charge in [0.15, 0.2) is 0 Å². The van der Waals surface area contributed by atoms with Crippen LogP contribution in [0.2, 0.25) is 0 Å². The Morgan fingerprint density at radius 2 is 2.08 bits per heavy atom. The van der Waals surface area contributed by atoms with Crippen LogP contribution in [0.4, 0.5) is 0 Å². The van der Waals surface area contributed by atoms with Crippen LogP contribution in [0.5, 0.6) is 0 Å². The molecule has 4 heterocycles. The molecule has 4 aliphatic rings. The molecule has 4 rings (SSSR count). The Morgan fingerprint density at radius 1 is 1.38 bits per heavy atom. The second-order valence-electron chi connectivity index (χ2n) is 8.59. The smallest absolute Gasteiger partial charge is 0.230 e. The summed E-state index contributed by atoms with van der Waals surface area (Å²) < 4.78 is 6.20. The maximum absolute atomic E-state index is 13.1. The van der Waals surface area contributed by atoms with Crippen molar-refractivity contribution in [3.05, 3.63) is 12.2 Å². The van der Waals surface area contributed by atoms with E-state index in [4.69, 9.17) is 4.74 Å². The fourth-order valence-electron chi connectivity index (χ4n) is 4.56. The second kappa shape index (κ2) is 5.49. The first-order chi connectivity index (χ1) is 11.3. The summed E-state index contributed by atoms with van der Waals surface area (Å²) >= 11 is 1.89. The zero-order valence-electron chi connectivity index (χ0n) is 14.7. The van der Waals surface area contributed by atoms with Gasteiger partial charge in [0.05, 0.1) is 24.5 Å². The number of nitrogens with zero attached hydrogens (tertiary/aromatic N) is 2. The number of amides is 2. The summed E-state index contributed by atoms with van der Waals surface area (Å²) in [4.78, 5) is 30.0. The maximum atomic E-state index is 13.1. The Morgan fingerprint density at radius 3 is 2.75 bits per heavy atom. The van der Waals surface area contributed by atoms with E-state index >= 15 is 0 Å². The molecule has 1 spiro atoms. The van der Waals surface area contributed by atoms with Gasteiger partial charge in [0.25, 0.3) is 0 Å². The number of thioether (sulfide) groups is 1. The summed E-state index contributed by atoms with van der Waals surface area (Å²) in [6.07, 6.45) is 3.82. The monoisotopic (exact) mass is 350 g/mol. The van der Waals surface area contributed by atoms with Gasteiger partial charge in [0.2, 0.25) is 11.8 Å². The van der Waals surface area contributed by atoms with Crippen LogP contribution in [0.3, 0.4) is 0 Å². The predicted octanol–water partition coefficient (Wildman–Crippen LogP) is 1.39. The Labute approximate surface area is 147 Å². The molecule has 6 heteroatoms. The van der Waals surface area contributed by atoms with Crippen LogP contribution in [-0.2, 0) is 14.3 Å². The van der Waals surface area contributed by atoms with Crippen LogP contribution in [0.25, 0.3) is 0 Å². The molecule has 0 unspecified atom stereocenters. The minimum Gasteiger partial charge on any atom is -0.360 e. The zero-order valence-corrected chi connectivity index (χ0v) is 15.5. The van der Waals surface area contributed by atoms with Gasteiger partial charge in [-0.15, -0.1) is 0 Å². The number of rotatable bonds is 2. The standard InChI is InChI=1S/C18H26N2O3S/c1-17(2,3)10-20-11-18-5-4-12(23-18)13(14(18)16(20)22)15(21)19-6-8-24-9-7-19/h4-5,12-14H,6-11H2,1-3H3/t12-,13-,14-,18-/m0/s1. The minimum atomic E-state index is -0.572. The van der Waals surface area contributed by atoms with Gasteiger partial charge in [-0.25, -0.2) is 0 Å². The van der Waals surface area contributed by atoms with E-state index in [-0.39, 0.29) is 35.2 Å². The van der Waals surface area contributed by atoms with Crippen molar-refractivity contribution in [2.24, 2.45) is 17.3 Å². The molecule has 0 aromatic heterocycles. The van der Waals surface area contributed by atoms with Crippen LogP contribution in [0.1, 0.15) is 20.8 Å². The topological polar surface area (TPSA) is 49.9 Å². The molecule has 2 amide bonds. The quantitative estimate of drug-likeness (QED) is 0.706. The normalized spacial score (nSPS) is 38.1. The fraction of sp³-hybridized carbons (Fsp3) is 0.778. The molecular weight excluding hydrogens is 324 g/mol. The molecule has 0 aliphatic carbocycles. The number of hydrogen-bond donors (Lipinski definition) is 0. The van der Waals surface area contributed by atoms with Crippen molar-refractivity contribution >= 4 is 23.6 Å². The van der Waals surface area contributed by atoms with Gasteiger partial charge in [-0.1, -0.05) is 32.9 Å². The van der Waals surface area contributed by atoms with Gasteiger partial charge in [-0.05, 0) is 5.41 Å². The van der Waals surface area contributed by atoms with E-state index < -0.39 is 5.60 Å². The van der Waals surface area contributed by atoms with Gasteiger partial charge < -0.3 is 14.5 Å². The van der Waals surface area contributed by atoms with E-state index in [9.17, 15) is 9.59 Å². The summed E-state index contributed by atoms with van der Waals surface area (Å²) in [5, 5.41) is 0. The third kappa shape index (κ3) is 2.49. The molecule has 2 bridgehead atoms. The number of ether oxygens (including phenoxy) is 1. The summed E-state index contributed by atoms with van der Waals surface area (Å²) in [5.41, 5.74) is -0.534. The van der Waals surface area contributed by atoms with Crippen molar-refractivity contribution in [3.63, 3.8) is 0 Å². The van der Waals surface area contributed by atoms with Crippen LogP contribution in [0.15, 0.2) is 12.2 Å². The molecule has 0 aromatic rings. The molecule has 0 aromatic carbocycles. The Kier molecular flexibility index (Phi) is 3.77. The first kappa shape index (κ1) is 16.5. The molecule has 0 N–H and O–H groups in total. The molecule has 0 radical (unpaired) electrons. The average Bonchev–Trinajstić information content (AvgIpc) is 3.15. The lowest BCUT2D eigenvalue weighted by Crippen LogP contribution is -2.48. The average molecular weight is 350 g/mol. The Hall–Kier alpha value is -1.01. The fourth-order valence-corrected chi connectivity index (χ4v) is 5.46. The number of likely N-dealkylation sites (tertiary alicyclic amines) is 1. The minimum absolute atomic E-state index is 0.0380. The van der Waals surface area contributed by atoms with Gasteiger partial charge in [0, 0.05) is 31.1 Å². The number of carbonyl (C=O) groups is 2. The Bertz CT molecular complexity index is 594. The predicted molar refractivity (Wildman–Crippen MR) is 93.7 cm³/mol. The first-order valence-electron chi connectivity index (χ1n) is 8.83. The molecule has 0 saturated carbocycles. The van der Waals surface area contributed by atoms with Crippen molar-refractivity contribution in [1.82, 2.24) is 9.80 Å². The molecule has 3 saturated heterocycles. The van der Waals surface area contributed by atoms with Crippen LogP contribution in [-0.4, -0.2) is 71.0 Å². The lowest BCUT2D eigenvalue weighted by Gasteiger charge is -2.32. The Balaban J connectivity index is 1.58. The van der Waals surface area contributed by atoms with Crippen molar-refractivity contribution in [2.75, 3.05) is 37.7 Å². The van der Waals surface area contributed by atoms with Crippen molar-refractivity contribution in [3.8, 4) is 0 Å². The molecule has 132 valence electrons. The van der Waals surface area contributed by atoms with Gasteiger partial charge in [0.1, 0.15) is 5.60 Å². The first-order valence-corrected chi connectivity index (χ1v) is 9.99. The van der Waals surface area contributed by atoms with E-state index in [1.54, 1.807) is 0 Å². The third-order valence-corrected chi connectivity index (χ3v) is 6.39. The highest BCUT2D eigenvalue weighted by Crippen LogP contribution is 2.52. The summed E-state index contributed by atoms with van der Waals surface area (Å²) in [6.45, 7) is 9.26. The van der Waals surface area contributed by atoms with Gasteiger partial charge in [-0.2, -0.15) is 11.8 Å². The highest BCUT2D eigenvalue weighted by Gasteiger charge is 2.67. The molecule has 4 atom stereocenters. The van der Waals surface area contributed by atoms with Crippen molar-refractivity contribution in [2.45, 2.75) is 32.5 Å². The third-order valence-electron chi connectivity index (χ3n) is 5.45. The zero-order chi connectivity index (χ0) is 17.1. The van der Waals surface area contributed by atoms with E-state index in [0.29, 0.717) is 13.1 Å². The molecule has 5 nitrogen and oxygen atoms in total. The highest BCUT2D eigenvalue weighted by atomic mass is 32.2. The van der Waals surface area contributed by atoms with Crippen LogP contribution >= 0.6 is 11.8 Å². The summed E-state index contributed by atoms with van der Waals surface area (Å²) in [7, 11) is 0. The number of carbonyl (C=O) groups excluding carboxylic acids is 2. The molecule has 24 heavy (non-hydrogen) atoms. The van der Waals surface area contributed by atoms with Crippen LogP contribution < -0.4 is 0 Å². The lowest BCUT2D eigenvalue weighted by molar-refractivity contribution is -0.143.